The molecule has 4 atom stereocenters. The summed E-state index contributed by atoms with van der Waals surface area (Å²) in [6.45, 7) is 16.8. The first kappa shape index (κ1) is 41.8. The highest BCUT2D eigenvalue weighted by Crippen LogP contribution is 2.49. The van der Waals surface area contributed by atoms with E-state index in [1.807, 2.05) is 60.7 Å². The average molecular weight is 795 g/mol. The van der Waals surface area contributed by atoms with Crippen LogP contribution < -0.4 is 24.0 Å². The first-order valence-electron chi connectivity index (χ1n) is 18.2. The van der Waals surface area contributed by atoms with E-state index in [0.29, 0.717) is 16.9 Å². The summed E-state index contributed by atoms with van der Waals surface area (Å²) in [5.74, 6) is -0.219. The summed E-state index contributed by atoms with van der Waals surface area (Å²) in [5, 5.41) is 12.7. The van der Waals surface area contributed by atoms with Gasteiger partial charge in [-0.2, -0.15) is 8.42 Å². The molecule has 14 heteroatoms. The van der Waals surface area contributed by atoms with Gasteiger partial charge in [0.1, 0.15) is 17.4 Å². The number of nitrogens with zero attached hydrogens (tertiary/aromatic N) is 2. The molecule has 2 heterocycles. The van der Waals surface area contributed by atoms with Gasteiger partial charge in [0.05, 0.1) is 51.8 Å². The van der Waals surface area contributed by atoms with Crippen LogP contribution in [-0.2, 0) is 24.1 Å². The lowest BCUT2D eigenvalue weighted by atomic mass is 9.94. The predicted molar refractivity (Wildman–Crippen MR) is 213 cm³/mol. The van der Waals surface area contributed by atoms with Crippen molar-refractivity contribution in [3.63, 3.8) is 0 Å². The molecule has 2 fully saturated rings. The van der Waals surface area contributed by atoms with Crippen molar-refractivity contribution in [2.24, 2.45) is 0 Å². The van der Waals surface area contributed by atoms with Crippen molar-refractivity contribution in [3.05, 3.63) is 90.0 Å². The van der Waals surface area contributed by atoms with Crippen LogP contribution in [0.4, 0.5) is 4.79 Å². The number of fused-ring (bicyclic) bond motifs is 2. The van der Waals surface area contributed by atoms with Gasteiger partial charge in [-0.05, 0) is 55.6 Å². The Bertz CT molecular complexity index is 1970. The lowest BCUT2D eigenvalue weighted by Crippen LogP contribution is -2.69. The van der Waals surface area contributed by atoms with Crippen molar-refractivity contribution in [2.45, 2.75) is 89.7 Å². The first-order valence-corrected chi connectivity index (χ1v) is 21.9. The summed E-state index contributed by atoms with van der Waals surface area (Å²) in [5.41, 5.74) is 0.396. The number of carbonyl (C=O) groups is 2. The maximum atomic E-state index is 15.1. The Morgan fingerprint density at radius 2 is 1.53 bits per heavy atom. The zero-order valence-corrected chi connectivity index (χ0v) is 35.2. The second-order valence-corrected chi connectivity index (χ2v) is 22.0. The second-order valence-electron chi connectivity index (χ2n) is 16.1. The van der Waals surface area contributed by atoms with Crippen LogP contribution in [0.2, 0.25) is 5.04 Å². The van der Waals surface area contributed by atoms with Crippen LogP contribution in [-0.4, -0.2) is 101 Å². The summed E-state index contributed by atoms with van der Waals surface area (Å²) < 4.78 is 56.4. The summed E-state index contributed by atoms with van der Waals surface area (Å²) in [6.07, 6.45) is 0.368. The zero-order valence-electron chi connectivity index (χ0n) is 33.4. The van der Waals surface area contributed by atoms with Crippen LogP contribution >= 0.6 is 0 Å². The minimum absolute atomic E-state index is 0.0861. The van der Waals surface area contributed by atoms with Gasteiger partial charge < -0.3 is 32.8 Å². The monoisotopic (exact) mass is 794 g/mol. The van der Waals surface area contributed by atoms with Gasteiger partial charge >= 0.3 is 16.2 Å². The highest BCUT2D eigenvalue weighted by Gasteiger charge is 2.58. The van der Waals surface area contributed by atoms with Crippen molar-refractivity contribution in [1.29, 1.82) is 0 Å². The number of carbonyl (C=O) groups excluding carboxylic acids is 2. The molecule has 3 aromatic rings. The van der Waals surface area contributed by atoms with Gasteiger partial charge in [-0.1, -0.05) is 93.6 Å². The van der Waals surface area contributed by atoms with E-state index in [4.69, 9.17) is 22.8 Å². The maximum absolute atomic E-state index is 15.1. The van der Waals surface area contributed by atoms with Crippen molar-refractivity contribution >= 4 is 40.8 Å². The van der Waals surface area contributed by atoms with Crippen LogP contribution in [0.5, 0.6) is 17.2 Å². The maximum Gasteiger partial charge on any atom is 0.411 e. The van der Waals surface area contributed by atoms with E-state index in [9.17, 15) is 18.3 Å². The summed E-state index contributed by atoms with van der Waals surface area (Å²) in [4.78, 5) is 31.7. The average Bonchev–Trinajstić information content (AvgIpc) is 3.40. The quantitative estimate of drug-likeness (QED) is 0.150. The van der Waals surface area contributed by atoms with Gasteiger partial charge in [0.25, 0.3) is 8.32 Å². The topological polar surface area (TPSA) is 141 Å². The van der Waals surface area contributed by atoms with Crippen LogP contribution in [0.15, 0.2) is 78.9 Å². The molecule has 0 spiro atoms. The van der Waals surface area contributed by atoms with Gasteiger partial charge in [0, 0.05) is 11.1 Å². The summed E-state index contributed by atoms with van der Waals surface area (Å²) in [6, 6.07) is 17.5. The molecule has 12 nitrogen and oxygen atoms in total. The third-order valence-electron chi connectivity index (χ3n) is 10.3. The van der Waals surface area contributed by atoms with E-state index in [0.717, 1.165) is 16.6 Å². The van der Waals surface area contributed by atoms with Crippen LogP contribution in [0, 0.1) is 6.92 Å². The first-order chi connectivity index (χ1) is 25.7. The number of methoxy groups -OCH3 is 2. The van der Waals surface area contributed by atoms with Gasteiger partial charge in [-0.3, -0.25) is 9.69 Å². The number of amides is 2. The normalized spacial score (nSPS) is 19.7. The molecule has 298 valence electrons. The third-order valence-corrected chi connectivity index (χ3v) is 15.7. The Labute approximate surface area is 326 Å². The van der Waals surface area contributed by atoms with Gasteiger partial charge in [0.15, 0.2) is 11.5 Å². The van der Waals surface area contributed by atoms with Crippen LogP contribution in [0.25, 0.3) is 0 Å². The molecule has 0 saturated carbocycles. The number of hydrogen-bond donors (Lipinski definition) is 1. The zero-order chi connectivity index (χ0) is 40.7. The molecule has 1 N–H and O–H groups in total. The van der Waals surface area contributed by atoms with Gasteiger partial charge in [-0.15, -0.1) is 0 Å². The standard InChI is InChI=1S/C41H54N2O10SSi/c1-26-22-31-38(45)42(32(24-44)35(26)43(31)39(46)52-40(3,4)5)33(30-23-34(49-9)27(2)36(50-10)37(30)53-54(11,47)48)25-51-55(41(6,7)8,28-18-14-12-15-19-28)29-20-16-13-17-21-29/h12-21,23,31-33,35,44H,1,22,24-25H2,2-11H3/t31-,32-,33-,35+/m0/s1. The minimum atomic E-state index is -4.16. The lowest BCUT2D eigenvalue weighted by molar-refractivity contribution is -0.152. The smallest absolute Gasteiger partial charge is 0.411 e. The van der Waals surface area contributed by atoms with Crippen molar-refractivity contribution < 1.29 is 45.9 Å². The fraction of sp³-hybridized carbons (Fsp3) is 0.463. The van der Waals surface area contributed by atoms with Crippen LogP contribution in [0.3, 0.4) is 0 Å². The molecule has 0 radical (unpaired) electrons. The third kappa shape index (κ3) is 8.00. The molecule has 2 bridgehead atoms. The minimum Gasteiger partial charge on any atom is -0.496 e. The Morgan fingerprint density at radius 1 is 0.964 bits per heavy atom. The highest BCUT2D eigenvalue weighted by molar-refractivity contribution is 7.86. The molecule has 55 heavy (non-hydrogen) atoms. The number of piperazine rings is 1. The molecule has 0 unspecified atom stereocenters. The Kier molecular flexibility index (Phi) is 11.9. The number of hydrogen-bond acceptors (Lipinski definition) is 10. The summed E-state index contributed by atoms with van der Waals surface area (Å²) in [7, 11) is -4.60. The van der Waals surface area contributed by atoms with E-state index in [2.05, 4.69) is 27.4 Å². The Morgan fingerprint density at radius 3 is 1.98 bits per heavy atom. The van der Waals surface area contributed by atoms with Crippen molar-refractivity contribution in [3.8, 4) is 17.2 Å². The molecular weight excluding hydrogens is 741 g/mol. The van der Waals surface area contributed by atoms with Crippen LogP contribution in [0.1, 0.15) is 65.1 Å². The molecule has 2 aliphatic heterocycles. The van der Waals surface area contributed by atoms with E-state index in [1.54, 1.807) is 33.8 Å². The van der Waals surface area contributed by atoms with E-state index < -0.39 is 71.8 Å². The number of rotatable bonds is 12. The molecule has 0 aromatic heterocycles. The number of benzene rings is 3. The van der Waals surface area contributed by atoms with Gasteiger partial charge in [0.2, 0.25) is 5.91 Å². The molecular formula is C41H54N2O10SSi. The SMILES string of the molecule is C=C1C[C@H]2C(=O)N([C@@H](CO[Si](c3ccccc3)(c3ccccc3)C(C)(C)C)c3cc(OC)c(C)c(OC)c3OS(C)(=O)=O)[C@@H](CO)[C@@H]1N2C(=O)OC(C)(C)C. The lowest BCUT2D eigenvalue weighted by Gasteiger charge is -2.50. The Hall–Kier alpha value is -4.37. The van der Waals surface area contributed by atoms with E-state index >= 15 is 4.79 Å². The predicted octanol–water partition coefficient (Wildman–Crippen LogP) is 5.11. The molecule has 2 amide bonds. The molecule has 2 saturated heterocycles. The van der Waals surface area contributed by atoms with Crippen molar-refractivity contribution in [1.82, 2.24) is 9.80 Å². The number of aliphatic hydroxyl groups excluding tert-OH is 1. The summed E-state index contributed by atoms with van der Waals surface area (Å²) >= 11 is 0. The molecule has 3 aromatic carbocycles. The fourth-order valence-electron chi connectivity index (χ4n) is 8.09. The van der Waals surface area contributed by atoms with E-state index in [1.165, 1.54) is 24.0 Å². The van der Waals surface area contributed by atoms with Crippen molar-refractivity contribution in [2.75, 3.05) is 33.7 Å². The van der Waals surface area contributed by atoms with E-state index in [-0.39, 0.29) is 30.1 Å². The fourth-order valence-corrected chi connectivity index (χ4v) is 13.1. The molecule has 0 aliphatic carbocycles. The largest absolute Gasteiger partial charge is 0.496 e. The van der Waals surface area contributed by atoms with Gasteiger partial charge in [-0.25, -0.2) is 4.79 Å². The number of aliphatic hydroxyl groups is 1. The second kappa shape index (κ2) is 15.6. The number of likely N-dealkylation sites (tertiary alicyclic amines) is 1. The highest BCUT2D eigenvalue weighted by atomic mass is 32.2. The Balaban J connectivity index is 1.80. The molecule has 2 aliphatic rings. The molecule has 5 rings (SSSR count). The number of ether oxygens (including phenoxy) is 3.